The van der Waals surface area contributed by atoms with Gasteiger partial charge in [0, 0.05) is 42.6 Å². The number of benzene rings is 2. The molecule has 172 valence electrons. The molecule has 0 radical (unpaired) electrons. The molecule has 4 N–H and O–H groups in total. The average Bonchev–Trinajstić information content (AvgIpc) is 2.85. The van der Waals surface area contributed by atoms with E-state index in [1.54, 1.807) is 6.20 Å². The molecule has 0 bridgehead atoms. The molecule has 1 aromatic heterocycles. The minimum Gasteiger partial charge on any atom is -0.378 e. The van der Waals surface area contributed by atoms with Gasteiger partial charge in [-0.1, -0.05) is 25.0 Å². The summed E-state index contributed by atoms with van der Waals surface area (Å²) in [5, 5.41) is 8.84. The molecular formula is C25H30N6O2. The number of hydrogen-bond donors (Lipinski definition) is 3. The van der Waals surface area contributed by atoms with Crippen LogP contribution in [0.25, 0.3) is 10.8 Å². The van der Waals surface area contributed by atoms with Crippen LogP contribution in [-0.2, 0) is 4.74 Å². The lowest BCUT2D eigenvalue weighted by Crippen LogP contribution is -2.42. The smallest absolute Gasteiger partial charge is 0.254 e. The van der Waals surface area contributed by atoms with E-state index in [9.17, 15) is 4.79 Å². The fourth-order valence-corrected chi connectivity index (χ4v) is 4.56. The summed E-state index contributed by atoms with van der Waals surface area (Å²) in [5.74, 6) is 1.37. The van der Waals surface area contributed by atoms with E-state index in [1.807, 2.05) is 41.3 Å². The van der Waals surface area contributed by atoms with Crippen molar-refractivity contribution in [3.8, 4) is 0 Å². The van der Waals surface area contributed by atoms with Gasteiger partial charge in [-0.2, -0.15) is 4.98 Å². The number of amides is 1. The maximum atomic E-state index is 12.8. The van der Waals surface area contributed by atoms with Crippen LogP contribution in [0.2, 0.25) is 0 Å². The molecule has 1 amide bonds. The van der Waals surface area contributed by atoms with Crippen LogP contribution in [0.15, 0.2) is 48.7 Å². The summed E-state index contributed by atoms with van der Waals surface area (Å²) >= 11 is 0. The Morgan fingerprint density at radius 3 is 2.67 bits per heavy atom. The van der Waals surface area contributed by atoms with Gasteiger partial charge in [-0.3, -0.25) is 4.79 Å². The van der Waals surface area contributed by atoms with Crippen molar-refractivity contribution in [3.63, 3.8) is 0 Å². The molecule has 2 atom stereocenters. The fourth-order valence-electron chi connectivity index (χ4n) is 4.56. The van der Waals surface area contributed by atoms with Gasteiger partial charge in [0.1, 0.15) is 5.82 Å². The molecule has 1 saturated carbocycles. The van der Waals surface area contributed by atoms with Gasteiger partial charge in [-0.15, -0.1) is 0 Å². The van der Waals surface area contributed by atoms with E-state index >= 15 is 0 Å². The average molecular weight is 447 g/mol. The third-order valence-corrected chi connectivity index (χ3v) is 6.45. The van der Waals surface area contributed by atoms with Crippen LogP contribution in [-0.4, -0.2) is 59.2 Å². The molecule has 2 fully saturated rings. The summed E-state index contributed by atoms with van der Waals surface area (Å²) in [4.78, 5) is 23.6. The zero-order valence-corrected chi connectivity index (χ0v) is 18.7. The number of nitrogens with one attached hydrogen (secondary N) is 2. The molecule has 2 aliphatic rings. The number of carbonyl (C=O) groups excluding carboxylic acids is 1. The van der Waals surface area contributed by atoms with Gasteiger partial charge >= 0.3 is 0 Å². The molecule has 33 heavy (non-hydrogen) atoms. The molecule has 8 heteroatoms. The summed E-state index contributed by atoms with van der Waals surface area (Å²) in [6, 6.07) is 14.1. The number of nitrogens with zero attached hydrogens (tertiary/aromatic N) is 3. The predicted octanol–water partition coefficient (Wildman–Crippen LogP) is 3.53. The Morgan fingerprint density at radius 2 is 1.82 bits per heavy atom. The van der Waals surface area contributed by atoms with E-state index in [0.717, 1.165) is 35.1 Å². The quantitative estimate of drug-likeness (QED) is 0.551. The summed E-state index contributed by atoms with van der Waals surface area (Å²) < 4.78 is 5.35. The largest absolute Gasteiger partial charge is 0.378 e. The molecule has 1 aliphatic heterocycles. The van der Waals surface area contributed by atoms with Crippen LogP contribution in [0.4, 0.5) is 17.5 Å². The number of anilines is 3. The second-order valence-corrected chi connectivity index (χ2v) is 8.77. The Hall–Kier alpha value is -3.23. The van der Waals surface area contributed by atoms with Crippen LogP contribution in [0.1, 0.15) is 36.0 Å². The SMILES string of the molecule is N[C@H]1CCCC[C@H]1Nc1nccc(Nc2ccc3cc(C(=O)N4CCOCC4)ccc3c2)n1. The maximum absolute atomic E-state index is 12.8. The molecule has 0 spiro atoms. The van der Waals surface area contributed by atoms with Crippen molar-refractivity contribution in [2.24, 2.45) is 5.73 Å². The van der Waals surface area contributed by atoms with Crippen LogP contribution in [0.3, 0.4) is 0 Å². The predicted molar refractivity (Wildman–Crippen MR) is 130 cm³/mol. The zero-order chi connectivity index (χ0) is 22.6. The van der Waals surface area contributed by atoms with Gasteiger partial charge in [0.25, 0.3) is 5.91 Å². The molecule has 1 aliphatic carbocycles. The van der Waals surface area contributed by atoms with Crippen LogP contribution in [0.5, 0.6) is 0 Å². The molecular weight excluding hydrogens is 416 g/mol. The first-order valence-electron chi connectivity index (χ1n) is 11.7. The third kappa shape index (κ3) is 5.07. The number of rotatable bonds is 5. The lowest BCUT2D eigenvalue weighted by Gasteiger charge is -2.29. The first kappa shape index (κ1) is 21.6. The minimum absolute atomic E-state index is 0.0566. The van der Waals surface area contributed by atoms with Gasteiger partial charge in [0.2, 0.25) is 5.95 Å². The highest BCUT2D eigenvalue weighted by molar-refractivity contribution is 5.99. The van der Waals surface area contributed by atoms with E-state index in [-0.39, 0.29) is 18.0 Å². The Morgan fingerprint density at radius 1 is 1.03 bits per heavy atom. The molecule has 3 aromatic rings. The van der Waals surface area contributed by atoms with Crippen molar-refractivity contribution in [1.82, 2.24) is 14.9 Å². The molecule has 8 nitrogen and oxygen atoms in total. The van der Waals surface area contributed by atoms with Gasteiger partial charge in [0.05, 0.1) is 13.2 Å². The van der Waals surface area contributed by atoms with E-state index in [0.29, 0.717) is 37.8 Å². The summed E-state index contributed by atoms with van der Waals surface area (Å²) in [7, 11) is 0. The van der Waals surface area contributed by atoms with Gasteiger partial charge in [0.15, 0.2) is 0 Å². The Kier molecular flexibility index (Phi) is 6.37. The number of hydrogen-bond acceptors (Lipinski definition) is 7. The Balaban J connectivity index is 1.29. The van der Waals surface area contributed by atoms with Crippen molar-refractivity contribution in [1.29, 1.82) is 0 Å². The number of carbonyl (C=O) groups is 1. The van der Waals surface area contributed by atoms with Crippen LogP contribution in [0, 0.1) is 0 Å². The Labute approximate surface area is 193 Å². The lowest BCUT2D eigenvalue weighted by molar-refractivity contribution is 0.0303. The third-order valence-electron chi connectivity index (χ3n) is 6.45. The van der Waals surface area contributed by atoms with Crippen LogP contribution < -0.4 is 16.4 Å². The standard InChI is InChI=1S/C25H30N6O2/c26-21-3-1-2-4-22(21)29-25-27-10-9-23(30-25)28-20-8-7-17-15-19(6-5-18(17)16-20)24(32)31-11-13-33-14-12-31/h5-10,15-16,21-22H,1-4,11-14,26H2,(H2,27,28,29,30)/t21-,22+/m0/s1. The van der Waals surface area contributed by atoms with Gasteiger partial charge in [-0.25, -0.2) is 4.98 Å². The first-order chi connectivity index (χ1) is 16.2. The van der Waals surface area contributed by atoms with Crippen LogP contribution >= 0.6 is 0 Å². The van der Waals surface area contributed by atoms with Crippen molar-refractivity contribution in [3.05, 3.63) is 54.2 Å². The summed E-state index contributed by atoms with van der Waals surface area (Å²) in [6.07, 6.45) is 6.19. The summed E-state index contributed by atoms with van der Waals surface area (Å²) in [6.45, 7) is 2.48. The number of aromatic nitrogens is 2. The van der Waals surface area contributed by atoms with E-state index in [2.05, 4.69) is 26.7 Å². The number of morpholine rings is 1. The fraction of sp³-hybridized carbons (Fsp3) is 0.400. The highest BCUT2D eigenvalue weighted by Crippen LogP contribution is 2.25. The van der Waals surface area contributed by atoms with Crippen molar-refractivity contribution in [2.45, 2.75) is 37.8 Å². The van der Waals surface area contributed by atoms with E-state index in [1.165, 1.54) is 12.8 Å². The Bertz CT molecular complexity index is 1130. The van der Waals surface area contributed by atoms with E-state index < -0.39 is 0 Å². The highest BCUT2D eigenvalue weighted by Gasteiger charge is 2.22. The molecule has 5 rings (SSSR count). The van der Waals surface area contributed by atoms with Crippen molar-refractivity contribution in [2.75, 3.05) is 36.9 Å². The van der Waals surface area contributed by atoms with Gasteiger partial charge in [-0.05, 0) is 53.9 Å². The molecule has 2 aromatic carbocycles. The maximum Gasteiger partial charge on any atom is 0.254 e. The monoisotopic (exact) mass is 446 g/mol. The zero-order valence-electron chi connectivity index (χ0n) is 18.7. The van der Waals surface area contributed by atoms with Crippen molar-refractivity contribution < 1.29 is 9.53 Å². The van der Waals surface area contributed by atoms with Crippen molar-refractivity contribution >= 4 is 34.1 Å². The van der Waals surface area contributed by atoms with E-state index in [4.69, 9.17) is 10.5 Å². The topological polar surface area (TPSA) is 105 Å². The normalized spacial score (nSPS) is 21.1. The number of ether oxygens (including phenoxy) is 1. The first-order valence-corrected chi connectivity index (χ1v) is 11.7. The highest BCUT2D eigenvalue weighted by atomic mass is 16.5. The minimum atomic E-state index is 0.0566. The second kappa shape index (κ2) is 9.72. The molecule has 0 unspecified atom stereocenters. The summed E-state index contributed by atoms with van der Waals surface area (Å²) in [5.41, 5.74) is 7.88. The number of nitrogens with two attached hydrogens (primary N) is 1. The second-order valence-electron chi connectivity index (χ2n) is 8.77. The number of fused-ring (bicyclic) bond motifs is 1. The molecule has 1 saturated heterocycles. The lowest BCUT2D eigenvalue weighted by atomic mass is 9.91. The van der Waals surface area contributed by atoms with Gasteiger partial charge < -0.3 is 26.0 Å². The molecule has 2 heterocycles.